The minimum absolute atomic E-state index is 0.0910. The van der Waals surface area contributed by atoms with Crippen LogP contribution in [0.25, 0.3) is 0 Å². The molecule has 4 atom stereocenters. The third-order valence-corrected chi connectivity index (χ3v) is 3.10. The summed E-state index contributed by atoms with van der Waals surface area (Å²) in [5.41, 5.74) is 0. The number of ether oxygens (including phenoxy) is 2. The van der Waals surface area contributed by atoms with Gasteiger partial charge in [-0.05, 0) is 19.3 Å². The maximum absolute atomic E-state index is 10.4. The first-order valence-corrected chi connectivity index (χ1v) is 6.21. The highest BCUT2D eigenvalue weighted by molar-refractivity contribution is 5.38. The van der Waals surface area contributed by atoms with Crippen molar-refractivity contribution in [2.75, 3.05) is 6.61 Å². The Balaban J connectivity index is 2.71. The van der Waals surface area contributed by atoms with Crippen molar-refractivity contribution in [3.05, 3.63) is 12.0 Å². The van der Waals surface area contributed by atoms with Crippen LogP contribution in [0.15, 0.2) is 12.0 Å². The average molecular weight is 276 g/mol. The lowest BCUT2D eigenvalue weighted by atomic mass is 9.94. The lowest BCUT2D eigenvalue weighted by Gasteiger charge is -2.31. The van der Waals surface area contributed by atoms with Crippen LogP contribution in [0, 0.1) is 0 Å². The lowest BCUT2D eigenvalue weighted by molar-refractivity contribution is -0.144. The fourth-order valence-electron chi connectivity index (χ4n) is 2.06. The standard InChI is InChI=1S/C12H20O7/c13-5-9(17)12(18-7-15)11(6-14)19-10-4-2-1-3-8(10)16/h6-10,12-14,16-17H,1-5H2/b11-6-. The van der Waals surface area contributed by atoms with Crippen molar-refractivity contribution in [2.45, 2.75) is 50.1 Å². The van der Waals surface area contributed by atoms with Gasteiger partial charge in [-0.3, -0.25) is 4.79 Å². The van der Waals surface area contributed by atoms with Crippen LogP contribution in [0.4, 0.5) is 0 Å². The van der Waals surface area contributed by atoms with Crippen LogP contribution in [0.1, 0.15) is 25.7 Å². The van der Waals surface area contributed by atoms with Gasteiger partial charge in [0, 0.05) is 0 Å². The van der Waals surface area contributed by atoms with E-state index in [1.807, 2.05) is 0 Å². The molecule has 0 aliphatic heterocycles. The molecule has 1 saturated carbocycles. The monoisotopic (exact) mass is 276 g/mol. The maximum atomic E-state index is 10.4. The first-order valence-electron chi connectivity index (χ1n) is 6.21. The lowest BCUT2D eigenvalue weighted by Crippen LogP contribution is -2.39. The molecule has 0 heterocycles. The fourth-order valence-corrected chi connectivity index (χ4v) is 2.06. The van der Waals surface area contributed by atoms with E-state index in [1.165, 1.54) is 0 Å². The summed E-state index contributed by atoms with van der Waals surface area (Å²) in [5, 5.41) is 37.3. The Kier molecular flexibility index (Phi) is 6.61. The molecule has 0 aromatic heterocycles. The van der Waals surface area contributed by atoms with Crippen LogP contribution < -0.4 is 0 Å². The van der Waals surface area contributed by atoms with E-state index in [4.69, 9.17) is 14.9 Å². The second kappa shape index (κ2) is 7.98. The molecule has 19 heavy (non-hydrogen) atoms. The molecule has 0 bridgehead atoms. The van der Waals surface area contributed by atoms with E-state index in [-0.39, 0.29) is 12.2 Å². The summed E-state index contributed by atoms with van der Waals surface area (Å²) in [4.78, 5) is 10.4. The van der Waals surface area contributed by atoms with Gasteiger partial charge in [0.15, 0.2) is 11.9 Å². The Labute approximate surface area is 111 Å². The summed E-state index contributed by atoms with van der Waals surface area (Å²) in [6.07, 6.45) is -0.399. The molecule has 0 spiro atoms. The van der Waals surface area contributed by atoms with Crippen molar-refractivity contribution in [3.63, 3.8) is 0 Å². The molecule has 1 rings (SSSR count). The number of carbonyl (C=O) groups is 1. The smallest absolute Gasteiger partial charge is 0.293 e. The summed E-state index contributed by atoms with van der Waals surface area (Å²) in [6.45, 7) is -0.569. The van der Waals surface area contributed by atoms with Crippen LogP contribution in [0.5, 0.6) is 0 Å². The van der Waals surface area contributed by atoms with Crippen LogP contribution >= 0.6 is 0 Å². The van der Waals surface area contributed by atoms with Crippen molar-refractivity contribution in [1.29, 1.82) is 0 Å². The predicted molar refractivity (Wildman–Crippen MR) is 64.1 cm³/mol. The third kappa shape index (κ3) is 4.38. The number of aliphatic hydroxyl groups is 4. The zero-order chi connectivity index (χ0) is 14.3. The zero-order valence-corrected chi connectivity index (χ0v) is 10.5. The van der Waals surface area contributed by atoms with Crippen molar-refractivity contribution in [2.24, 2.45) is 0 Å². The van der Waals surface area contributed by atoms with Gasteiger partial charge in [0.2, 0.25) is 0 Å². The molecular weight excluding hydrogens is 256 g/mol. The Bertz CT molecular complexity index is 304. The number of aliphatic hydroxyl groups excluding tert-OH is 4. The van der Waals surface area contributed by atoms with Crippen molar-refractivity contribution < 1.29 is 34.7 Å². The summed E-state index contributed by atoms with van der Waals surface area (Å²) < 4.78 is 10.00. The van der Waals surface area contributed by atoms with Crippen LogP contribution in [-0.4, -0.2) is 57.9 Å². The topological polar surface area (TPSA) is 116 Å². The number of carbonyl (C=O) groups excluding carboxylic acids is 1. The number of hydrogen-bond donors (Lipinski definition) is 4. The van der Waals surface area contributed by atoms with Crippen molar-refractivity contribution in [1.82, 2.24) is 0 Å². The van der Waals surface area contributed by atoms with Crippen LogP contribution in [-0.2, 0) is 14.3 Å². The van der Waals surface area contributed by atoms with E-state index >= 15 is 0 Å². The first-order chi connectivity index (χ1) is 9.13. The molecular formula is C12H20O7. The van der Waals surface area contributed by atoms with Gasteiger partial charge < -0.3 is 29.9 Å². The van der Waals surface area contributed by atoms with Gasteiger partial charge in [-0.15, -0.1) is 0 Å². The number of hydrogen-bond acceptors (Lipinski definition) is 7. The highest BCUT2D eigenvalue weighted by Gasteiger charge is 2.31. The molecule has 1 aliphatic rings. The highest BCUT2D eigenvalue weighted by Crippen LogP contribution is 2.25. The molecule has 0 aromatic rings. The van der Waals surface area contributed by atoms with E-state index in [0.717, 1.165) is 12.8 Å². The van der Waals surface area contributed by atoms with Gasteiger partial charge in [0.1, 0.15) is 18.5 Å². The molecule has 1 aliphatic carbocycles. The summed E-state index contributed by atoms with van der Waals surface area (Å²) in [5.74, 6) is -0.195. The van der Waals surface area contributed by atoms with Crippen LogP contribution in [0.3, 0.4) is 0 Å². The van der Waals surface area contributed by atoms with E-state index < -0.39 is 31.0 Å². The minimum Gasteiger partial charge on any atom is -0.512 e. The zero-order valence-electron chi connectivity index (χ0n) is 10.5. The summed E-state index contributed by atoms with van der Waals surface area (Å²) in [6, 6.07) is 0. The summed E-state index contributed by atoms with van der Waals surface area (Å²) >= 11 is 0. The highest BCUT2D eigenvalue weighted by atomic mass is 16.6. The number of rotatable bonds is 7. The molecule has 0 aromatic carbocycles. The molecule has 110 valence electrons. The van der Waals surface area contributed by atoms with E-state index in [9.17, 15) is 15.0 Å². The predicted octanol–water partition coefficient (Wildman–Crippen LogP) is -0.399. The fraction of sp³-hybridized carbons (Fsp3) is 0.750. The second-order valence-electron chi connectivity index (χ2n) is 4.44. The molecule has 4 N–H and O–H groups in total. The van der Waals surface area contributed by atoms with Gasteiger partial charge in [-0.2, -0.15) is 0 Å². The van der Waals surface area contributed by atoms with Crippen molar-refractivity contribution in [3.8, 4) is 0 Å². The van der Waals surface area contributed by atoms with Crippen LogP contribution in [0.2, 0.25) is 0 Å². The molecule has 0 radical (unpaired) electrons. The van der Waals surface area contributed by atoms with Crippen molar-refractivity contribution >= 4 is 6.47 Å². The van der Waals surface area contributed by atoms with Gasteiger partial charge in [-0.1, -0.05) is 6.42 Å². The summed E-state index contributed by atoms with van der Waals surface area (Å²) in [7, 11) is 0. The Hall–Kier alpha value is -1.31. The van der Waals surface area contributed by atoms with Gasteiger partial charge in [0.25, 0.3) is 6.47 Å². The van der Waals surface area contributed by atoms with Gasteiger partial charge in [0.05, 0.1) is 12.7 Å². The molecule has 4 unspecified atom stereocenters. The van der Waals surface area contributed by atoms with E-state index in [2.05, 4.69) is 4.74 Å². The Morgan fingerprint density at radius 1 is 1.37 bits per heavy atom. The molecule has 0 saturated heterocycles. The normalized spacial score (nSPS) is 27.4. The second-order valence-corrected chi connectivity index (χ2v) is 4.44. The quantitative estimate of drug-likeness (QED) is 0.369. The van der Waals surface area contributed by atoms with E-state index in [0.29, 0.717) is 19.1 Å². The largest absolute Gasteiger partial charge is 0.512 e. The van der Waals surface area contributed by atoms with Gasteiger partial charge >= 0.3 is 0 Å². The first kappa shape index (κ1) is 15.7. The van der Waals surface area contributed by atoms with Gasteiger partial charge in [-0.25, -0.2) is 0 Å². The average Bonchev–Trinajstić information content (AvgIpc) is 2.43. The Morgan fingerprint density at radius 3 is 2.58 bits per heavy atom. The molecule has 1 fully saturated rings. The minimum atomic E-state index is -1.41. The van der Waals surface area contributed by atoms with E-state index in [1.54, 1.807) is 0 Å². The third-order valence-electron chi connectivity index (χ3n) is 3.10. The maximum Gasteiger partial charge on any atom is 0.293 e. The molecule has 7 heteroatoms. The molecule has 7 nitrogen and oxygen atoms in total. The SMILES string of the molecule is O=COC(/C(=C/O)OC1CCCCC1O)C(O)CO. The Morgan fingerprint density at radius 2 is 2.05 bits per heavy atom. The molecule has 0 amide bonds.